The fourth-order valence-corrected chi connectivity index (χ4v) is 8.42. The molecule has 278 valence electrons. The number of hydrogen-bond donors (Lipinski definition) is 0. The van der Waals surface area contributed by atoms with Crippen molar-refractivity contribution in [1.82, 2.24) is 0 Å². The van der Waals surface area contributed by atoms with Gasteiger partial charge in [0.2, 0.25) is 11.7 Å². The van der Waals surface area contributed by atoms with E-state index in [4.69, 9.17) is 19.2 Å². The molecule has 1 aliphatic carbocycles. The van der Waals surface area contributed by atoms with Gasteiger partial charge in [-0.1, -0.05) is 52.0 Å². The second kappa shape index (κ2) is 16.1. The highest BCUT2D eigenvalue weighted by atomic mass is 16.5. The maximum Gasteiger partial charge on any atom is 0.340 e. The second-order valence-corrected chi connectivity index (χ2v) is 15.6. The number of allylic oxidation sites excluding steroid dienone is 1. The van der Waals surface area contributed by atoms with Crippen LogP contribution >= 0.6 is 0 Å². The number of ketones is 1. The number of aryl methyl sites for hydroxylation is 3. The quantitative estimate of drug-likeness (QED) is 0.117. The Balaban J connectivity index is 1.17. The smallest absolute Gasteiger partial charge is 0.340 e. The summed E-state index contributed by atoms with van der Waals surface area (Å²) in [5.41, 5.74) is 6.80. The van der Waals surface area contributed by atoms with Crippen molar-refractivity contribution >= 4 is 41.1 Å². The first-order chi connectivity index (χ1) is 25.7. The average molecular weight is 717 g/mol. The first-order valence-electron chi connectivity index (χ1n) is 19.7. The van der Waals surface area contributed by atoms with Gasteiger partial charge >= 0.3 is 11.9 Å². The fourth-order valence-electron chi connectivity index (χ4n) is 8.42. The van der Waals surface area contributed by atoms with Crippen LogP contribution in [0, 0.1) is 23.7 Å². The largest absolute Gasteiger partial charge is 0.458 e. The number of anilines is 1. The van der Waals surface area contributed by atoms with E-state index < -0.39 is 11.9 Å². The summed E-state index contributed by atoms with van der Waals surface area (Å²) in [5, 5.41) is 0. The van der Waals surface area contributed by atoms with Crippen molar-refractivity contribution in [2.24, 2.45) is 28.7 Å². The number of esters is 2. The van der Waals surface area contributed by atoms with E-state index in [1.54, 1.807) is 31.2 Å². The molecule has 1 saturated heterocycles. The van der Waals surface area contributed by atoms with Gasteiger partial charge in [0.1, 0.15) is 17.8 Å². The minimum Gasteiger partial charge on any atom is -0.458 e. The van der Waals surface area contributed by atoms with Crippen molar-refractivity contribution in [1.29, 1.82) is 0 Å². The maximum absolute atomic E-state index is 14.2. The number of carbonyl (C=O) groups excluding carboxylic acids is 3. The molecule has 8 heteroatoms. The topological polar surface area (TPSA) is 94.5 Å². The molecule has 0 bridgehead atoms. The Labute approximate surface area is 313 Å². The number of ether oxygens (including phenoxy) is 3. The number of aliphatic imine (C=N–C) groups is 1. The van der Waals surface area contributed by atoms with Gasteiger partial charge < -0.3 is 19.1 Å². The molecule has 53 heavy (non-hydrogen) atoms. The predicted molar refractivity (Wildman–Crippen MR) is 208 cm³/mol. The summed E-state index contributed by atoms with van der Waals surface area (Å²) in [5.74, 6) is 0.941. The number of para-hydroxylation sites is 1. The van der Waals surface area contributed by atoms with Gasteiger partial charge in [0.25, 0.3) is 0 Å². The summed E-state index contributed by atoms with van der Waals surface area (Å²) >= 11 is 0. The van der Waals surface area contributed by atoms with Crippen LogP contribution in [0.5, 0.6) is 5.75 Å². The average Bonchev–Trinajstić information content (AvgIpc) is 3.44. The summed E-state index contributed by atoms with van der Waals surface area (Å²) in [4.78, 5) is 47.2. The third kappa shape index (κ3) is 8.27. The highest BCUT2D eigenvalue weighted by molar-refractivity contribution is 6.17. The summed E-state index contributed by atoms with van der Waals surface area (Å²) in [7, 11) is 0. The summed E-state index contributed by atoms with van der Waals surface area (Å²) in [6, 6.07) is 19.0. The SMILES string of the molecule is CCC(=O)Oc1ccc(CCC2C(=O)/C(=C\c3cc4c5c(c3)CCCN5CCC4)OC2=Nc2ccccc2C(=O)OC2CC(C(C)C)CCC2C)cc1. The molecule has 2 fully saturated rings. The maximum atomic E-state index is 14.2. The van der Waals surface area contributed by atoms with Crippen LogP contribution in [0.1, 0.15) is 105 Å². The lowest BCUT2D eigenvalue weighted by Crippen LogP contribution is -2.34. The van der Waals surface area contributed by atoms with Crippen molar-refractivity contribution in [2.75, 3.05) is 18.0 Å². The zero-order valence-corrected chi connectivity index (χ0v) is 31.6. The van der Waals surface area contributed by atoms with E-state index in [0.717, 1.165) is 69.2 Å². The summed E-state index contributed by atoms with van der Waals surface area (Å²) < 4.78 is 17.9. The normalized spacial score (nSPS) is 23.9. The Kier molecular flexibility index (Phi) is 11.1. The van der Waals surface area contributed by atoms with E-state index in [9.17, 15) is 14.4 Å². The highest BCUT2D eigenvalue weighted by Crippen LogP contribution is 2.39. The number of carbonyl (C=O) groups is 3. The van der Waals surface area contributed by atoms with Crippen molar-refractivity contribution in [2.45, 2.75) is 98.0 Å². The van der Waals surface area contributed by atoms with Crippen LogP contribution in [0.25, 0.3) is 6.08 Å². The Morgan fingerprint density at radius 1 is 1.00 bits per heavy atom. The Bertz CT molecular complexity index is 1880. The molecule has 0 radical (unpaired) electrons. The molecule has 0 amide bonds. The zero-order chi connectivity index (χ0) is 37.1. The molecule has 8 nitrogen and oxygen atoms in total. The van der Waals surface area contributed by atoms with Gasteiger partial charge in [0.15, 0.2) is 5.76 Å². The van der Waals surface area contributed by atoms with Crippen LogP contribution in [0.15, 0.2) is 71.4 Å². The van der Waals surface area contributed by atoms with E-state index in [1.807, 2.05) is 30.3 Å². The molecule has 3 aromatic rings. The molecule has 0 N–H and O–H groups in total. The monoisotopic (exact) mass is 716 g/mol. The minimum atomic E-state index is -0.639. The first kappa shape index (κ1) is 36.6. The molecule has 3 aliphatic heterocycles. The minimum absolute atomic E-state index is 0.124. The highest BCUT2D eigenvalue weighted by Gasteiger charge is 2.39. The lowest BCUT2D eigenvalue weighted by atomic mass is 9.76. The molecule has 4 aliphatic rings. The third-order valence-corrected chi connectivity index (χ3v) is 11.6. The lowest BCUT2D eigenvalue weighted by molar-refractivity contribution is -0.134. The van der Waals surface area contributed by atoms with Gasteiger partial charge in [-0.25, -0.2) is 9.79 Å². The first-order valence-corrected chi connectivity index (χ1v) is 19.7. The van der Waals surface area contributed by atoms with Gasteiger partial charge in [0, 0.05) is 25.2 Å². The molecule has 4 atom stereocenters. The molecular weight excluding hydrogens is 665 g/mol. The lowest BCUT2D eigenvalue weighted by Gasteiger charge is -2.37. The van der Waals surface area contributed by atoms with Crippen LogP contribution in [0.4, 0.5) is 11.4 Å². The number of hydrogen-bond acceptors (Lipinski definition) is 8. The van der Waals surface area contributed by atoms with Gasteiger partial charge in [-0.15, -0.1) is 0 Å². The van der Waals surface area contributed by atoms with Crippen LogP contribution < -0.4 is 9.64 Å². The third-order valence-electron chi connectivity index (χ3n) is 11.6. The van der Waals surface area contributed by atoms with Crippen LogP contribution in [-0.4, -0.2) is 42.8 Å². The number of nitrogens with zero attached hydrogens (tertiary/aromatic N) is 2. The summed E-state index contributed by atoms with van der Waals surface area (Å²) in [6.07, 6.45) is 10.4. The Morgan fingerprint density at radius 3 is 2.42 bits per heavy atom. The molecule has 3 aromatic carbocycles. The number of Topliss-reactive ketones (excluding diaryl/α,β-unsaturated/α-hetero) is 1. The van der Waals surface area contributed by atoms with Gasteiger partial charge in [-0.3, -0.25) is 9.59 Å². The van der Waals surface area contributed by atoms with Gasteiger partial charge in [0.05, 0.1) is 11.3 Å². The standard InChI is InChI=1S/C45H52N2O6/c1-5-41(48)51-35-19-15-30(16-20-35)17-21-37-43(49)40(26-31-24-33-10-8-22-47-23-9-11-34(25-31)42(33)47)52-44(37)46-38-13-7-6-12-36(38)45(50)53-39-27-32(28(2)3)18-14-29(39)4/h6-7,12-13,15-16,19-20,24-26,28-29,32,37,39H,5,8-11,14,17-18,21-23,27H2,1-4H3/b40-26+,46-44?. The number of benzene rings is 3. The zero-order valence-electron chi connectivity index (χ0n) is 31.6. The van der Waals surface area contributed by atoms with Crippen molar-refractivity contribution in [3.63, 3.8) is 0 Å². The van der Waals surface area contributed by atoms with E-state index in [2.05, 4.69) is 37.8 Å². The second-order valence-electron chi connectivity index (χ2n) is 15.6. The van der Waals surface area contributed by atoms with Crippen molar-refractivity contribution in [3.05, 3.63) is 94.2 Å². The van der Waals surface area contributed by atoms with Crippen LogP contribution in [-0.2, 0) is 38.3 Å². The Hall–Kier alpha value is -4.72. The molecule has 3 heterocycles. The van der Waals surface area contributed by atoms with Crippen molar-refractivity contribution < 1.29 is 28.6 Å². The molecule has 7 rings (SSSR count). The van der Waals surface area contributed by atoms with E-state index in [-0.39, 0.29) is 35.4 Å². The molecule has 1 saturated carbocycles. The van der Waals surface area contributed by atoms with Crippen molar-refractivity contribution in [3.8, 4) is 5.75 Å². The molecular formula is C45H52N2O6. The van der Waals surface area contributed by atoms with E-state index >= 15 is 0 Å². The summed E-state index contributed by atoms with van der Waals surface area (Å²) in [6.45, 7) is 10.6. The number of rotatable bonds is 10. The fraction of sp³-hybridized carbons (Fsp3) is 0.467. The molecule has 0 aromatic heterocycles. The Morgan fingerprint density at radius 2 is 1.72 bits per heavy atom. The molecule has 0 spiro atoms. The predicted octanol–water partition coefficient (Wildman–Crippen LogP) is 9.24. The molecule has 4 unspecified atom stereocenters. The van der Waals surface area contributed by atoms with Gasteiger partial charge in [-0.2, -0.15) is 0 Å². The van der Waals surface area contributed by atoms with E-state index in [0.29, 0.717) is 48.1 Å². The van der Waals surface area contributed by atoms with E-state index in [1.165, 1.54) is 16.8 Å². The van der Waals surface area contributed by atoms with Crippen LogP contribution in [0.2, 0.25) is 0 Å². The van der Waals surface area contributed by atoms with Crippen LogP contribution in [0.3, 0.4) is 0 Å². The van der Waals surface area contributed by atoms with Gasteiger partial charge in [-0.05, 0) is 140 Å².